The molecule has 4 rings (SSSR count). The van der Waals surface area contributed by atoms with Crippen LogP contribution in [0, 0.1) is 27.7 Å². The first-order valence-electron chi connectivity index (χ1n) is 11.3. The van der Waals surface area contributed by atoms with E-state index in [1.807, 2.05) is 13.0 Å². The molecule has 0 saturated carbocycles. The quantitative estimate of drug-likeness (QED) is 0.149. The second-order valence-corrected chi connectivity index (χ2v) is 10.1. The zero-order valence-corrected chi connectivity index (χ0v) is 23.0. The van der Waals surface area contributed by atoms with Crippen molar-refractivity contribution in [1.82, 2.24) is 20.2 Å². The highest BCUT2D eigenvalue weighted by atomic mass is 35.5. The summed E-state index contributed by atoms with van der Waals surface area (Å²) in [6.45, 7) is 8.33. The third-order valence-corrected chi connectivity index (χ3v) is 7.05. The van der Waals surface area contributed by atoms with E-state index in [1.54, 1.807) is 24.4 Å². The molecule has 0 unspecified atom stereocenters. The molecule has 0 saturated heterocycles. The Morgan fingerprint density at radius 3 is 2.76 bits per heavy atom. The van der Waals surface area contributed by atoms with Gasteiger partial charge in [0.05, 0.1) is 17.0 Å². The van der Waals surface area contributed by atoms with Gasteiger partial charge < -0.3 is 13.7 Å². The van der Waals surface area contributed by atoms with Gasteiger partial charge in [-0.25, -0.2) is 5.43 Å². The number of thioether (sulfide) groups is 1. The number of carbonyl (C=O) groups excluding carboxylic acids is 1. The Hall–Kier alpha value is -3.27. The van der Waals surface area contributed by atoms with E-state index in [4.69, 9.17) is 32.4 Å². The number of ether oxygens (including phenoxy) is 1. The van der Waals surface area contributed by atoms with Crippen molar-refractivity contribution in [2.24, 2.45) is 5.10 Å². The number of aromatic nitrogens is 3. The Bertz CT molecular complexity index is 1460. The van der Waals surface area contributed by atoms with Gasteiger partial charge in [0.2, 0.25) is 0 Å². The number of carbonyl (C=O) groups is 1. The zero-order valence-electron chi connectivity index (χ0n) is 20.7. The molecule has 1 N–H and O–H groups in total. The van der Waals surface area contributed by atoms with Gasteiger partial charge in [0.15, 0.2) is 6.61 Å². The van der Waals surface area contributed by atoms with E-state index in [-0.39, 0.29) is 29.4 Å². The van der Waals surface area contributed by atoms with Crippen LogP contribution in [0.15, 0.2) is 57.2 Å². The topological polar surface area (TPSA) is 94.5 Å². The smallest absolute Gasteiger partial charge is 0.277 e. The number of hydrogen-bond donors (Lipinski definition) is 1. The minimum atomic E-state index is -0.298. The summed E-state index contributed by atoms with van der Waals surface area (Å²) in [6, 6.07) is 13.2. The number of aryl methyl sites for hydroxylation is 2. The summed E-state index contributed by atoms with van der Waals surface area (Å²) in [6.07, 6.45) is 1.65. The summed E-state index contributed by atoms with van der Waals surface area (Å²) < 4.78 is 13.3. The Kier molecular flexibility index (Phi) is 8.58. The molecule has 2 heterocycles. The van der Waals surface area contributed by atoms with Crippen LogP contribution in [0.1, 0.15) is 34.0 Å². The lowest BCUT2D eigenvalue weighted by atomic mass is 10.1. The SMILES string of the molecule is Cc1cccc(-n2c(C)cc(/C=N\NC(=O)CSc3nnc(COc4ccc(Cl)cc4Cl)o3)c2C)c1C. The minimum absolute atomic E-state index is 0.0336. The average Bonchev–Trinajstić information content (AvgIpc) is 3.42. The molecular formula is C26H25Cl2N5O3S. The van der Waals surface area contributed by atoms with E-state index < -0.39 is 0 Å². The van der Waals surface area contributed by atoms with E-state index in [0.29, 0.717) is 15.8 Å². The molecule has 8 nitrogen and oxygen atoms in total. The third-order valence-electron chi connectivity index (χ3n) is 5.70. The number of hydrazone groups is 1. The van der Waals surface area contributed by atoms with Gasteiger partial charge >= 0.3 is 0 Å². The first-order chi connectivity index (χ1) is 17.7. The van der Waals surface area contributed by atoms with E-state index in [0.717, 1.165) is 34.4 Å². The van der Waals surface area contributed by atoms with Gasteiger partial charge in [-0.15, -0.1) is 10.2 Å². The van der Waals surface area contributed by atoms with E-state index in [9.17, 15) is 4.79 Å². The number of halogens is 2. The molecule has 0 radical (unpaired) electrons. The van der Waals surface area contributed by atoms with Crippen LogP contribution >= 0.6 is 35.0 Å². The summed E-state index contributed by atoms with van der Waals surface area (Å²) in [5.41, 5.74) is 9.19. The van der Waals surface area contributed by atoms with Crippen molar-refractivity contribution in [2.75, 3.05) is 5.75 Å². The van der Waals surface area contributed by atoms with Gasteiger partial charge in [0.1, 0.15) is 5.75 Å². The van der Waals surface area contributed by atoms with E-state index in [1.165, 1.54) is 11.1 Å². The van der Waals surface area contributed by atoms with Crippen LogP contribution in [0.5, 0.6) is 5.75 Å². The van der Waals surface area contributed by atoms with Crippen molar-refractivity contribution < 1.29 is 13.9 Å². The fraction of sp³-hybridized carbons (Fsp3) is 0.231. The van der Waals surface area contributed by atoms with Crippen LogP contribution in [0.2, 0.25) is 10.0 Å². The Balaban J connectivity index is 1.29. The molecule has 11 heteroatoms. The van der Waals surface area contributed by atoms with Gasteiger partial charge in [-0.2, -0.15) is 5.10 Å². The largest absolute Gasteiger partial charge is 0.482 e. The van der Waals surface area contributed by atoms with Crippen molar-refractivity contribution in [3.63, 3.8) is 0 Å². The molecule has 2 aromatic carbocycles. The molecule has 0 bridgehead atoms. The van der Waals surface area contributed by atoms with Crippen molar-refractivity contribution in [2.45, 2.75) is 39.5 Å². The molecular weight excluding hydrogens is 533 g/mol. The predicted molar refractivity (Wildman–Crippen MR) is 146 cm³/mol. The van der Waals surface area contributed by atoms with Crippen molar-refractivity contribution in [3.8, 4) is 11.4 Å². The number of rotatable bonds is 9. The summed E-state index contributed by atoms with van der Waals surface area (Å²) in [5.74, 6) is 0.467. The van der Waals surface area contributed by atoms with Gasteiger partial charge in [0.25, 0.3) is 17.0 Å². The maximum atomic E-state index is 12.3. The second-order valence-electron chi connectivity index (χ2n) is 8.29. The van der Waals surface area contributed by atoms with Gasteiger partial charge in [0, 0.05) is 27.7 Å². The Morgan fingerprint density at radius 1 is 1.16 bits per heavy atom. The normalized spacial score (nSPS) is 11.3. The number of nitrogens with zero attached hydrogens (tertiary/aromatic N) is 4. The number of hydrogen-bond acceptors (Lipinski definition) is 7. The first-order valence-corrected chi connectivity index (χ1v) is 13.1. The molecule has 0 aliphatic heterocycles. The minimum Gasteiger partial charge on any atom is -0.482 e. The van der Waals surface area contributed by atoms with E-state index >= 15 is 0 Å². The molecule has 0 fully saturated rings. The molecule has 4 aromatic rings. The Morgan fingerprint density at radius 2 is 1.97 bits per heavy atom. The van der Waals surface area contributed by atoms with Crippen LogP contribution in [-0.4, -0.2) is 32.6 Å². The highest BCUT2D eigenvalue weighted by Crippen LogP contribution is 2.28. The lowest BCUT2D eigenvalue weighted by Crippen LogP contribution is -2.19. The first kappa shape index (κ1) is 26.8. The van der Waals surface area contributed by atoms with Crippen LogP contribution < -0.4 is 10.2 Å². The fourth-order valence-corrected chi connectivity index (χ4v) is 4.72. The van der Waals surface area contributed by atoms with Crippen LogP contribution in [0.3, 0.4) is 0 Å². The molecule has 192 valence electrons. The lowest BCUT2D eigenvalue weighted by Gasteiger charge is -2.14. The average molecular weight is 558 g/mol. The van der Waals surface area contributed by atoms with Crippen LogP contribution in [0.25, 0.3) is 5.69 Å². The van der Waals surface area contributed by atoms with Crippen LogP contribution in [0.4, 0.5) is 0 Å². The van der Waals surface area contributed by atoms with Crippen LogP contribution in [-0.2, 0) is 11.4 Å². The van der Waals surface area contributed by atoms with Gasteiger partial charge in [-0.1, -0.05) is 47.1 Å². The second kappa shape index (κ2) is 11.9. The maximum absolute atomic E-state index is 12.3. The summed E-state index contributed by atoms with van der Waals surface area (Å²) in [4.78, 5) is 12.3. The molecule has 0 spiro atoms. The van der Waals surface area contributed by atoms with Crippen molar-refractivity contribution in [3.05, 3.63) is 86.5 Å². The highest BCUT2D eigenvalue weighted by Gasteiger charge is 2.13. The lowest BCUT2D eigenvalue weighted by molar-refractivity contribution is -0.118. The standard InChI is InChI=1S/C26H25Cl2N5O3S/c1-15-6-5-7-22(17(15)3)33-16(2)10-19(18(33)4)12-29-30-24(34)14-37-26-32-31-25(36-26)13-35-23-9-8-20(27)11-21(23)28/h5-12H,13-14H2,1-4H3,(H,30,34)/b29-12-. The molecule has 0 atom stereocenters. The predicted octanol–water partition coefficient (Wildman–Crippen LogP) is 6.22. The molecule has 37 heavy (non-hydrogen) atoms. The van der Waals surface area contributed by atoms with Crippen molar-refractivity contribution >= 4 is 47.1 Å². The summed E-state index contributed by atoms with van der Waals surface area (Å²) in [5, 5.41) is 13.1. The molecule has 1 amide bonds. The Labute approximate surface area is 229 Å². The number of benzene rings is 2. The van der Waals surface area contributed by atoms with E-state index in [2.05, 4.69) is 64.3 Å². The zero-order chi connectivity index (χ0) is 26.5. The molecule has 2 aromatic heterocycles. The molecule has 0 aliphatic rings. The summed E-state index contributed by atoms with van der Waals surface area (Å²) in [7, 11) is 0. The van der Waals surface area contributed by atoms with Crippen molar-refractivity contribution in [1.29, 1.82) is 0 Å². The summed E-state index contributed by atoms with van der Waals surface area (Å²) >= 11 is 13.1. The number of nitrogens with one attached hydrogen (secondary N) is 1. The van der Waals surface area contributed by atoms with Gasteiger partial charge in [-0.05, 0) is 69.2 Å². The van der Waals surface area contributed by atoms with Gasteiger partial charge in [-0.3, -0.25) is 4.79 Å². The fourth-order valence-electron chi connectivity index (χ4n) is 3.69. The third kappa shape index (κ3) is 6.54. The number of amides is 1. The highest BCUT2D eigenvalue weighted by molar-refractivity contribution is 7.99. The monoisotopic (exact) mass is 557 g/mol. The molecule has 0 aliphatic carbocycles. The maximum Gasteiger partial charge on any atom is 0.277 e.